The van der Waals surface area contributed by atoms with E-state index in [1.54, 1.807) is 6.08 Å². The lowest BCUT2D eigenvalue weighted by atomic mass is 10.1. The first-order valence-electron chi connectivity index (χ1n) is 7.48. The number of aromatic nitrogens is 2. The summed E-state index contributed by atoms with van der Waals surface area (Å²) in [6.45, 7) is 3.90. The lowest BCUT2D eigenvalue weighted by Gasteiger charge is -2.07. The fourth-order valence-electron chi connectivity index (χ4n) is 2.60. The van der Waals surface area contributed by atoms with Crippen LogP contribution < -0.4 is 17.0 Å². The molecule has 2 aromatic heterocycles. The predicted octanol–water partition coefficient (Wildman–Crippen LogP) is 3.42. The zero-order valence-electron chi connectivity index (χ0n) is 13.5. The number of nitrogen functional groups attached to an aromatic ring is 1. The summed E-state index contributed by atoms with van der Waals surface area (Å²) in [5.41, 5.74) is 15.7. The van der Waals surface area contributed by atoms with E-state index < -0.39 is 0 Å². The molecule has 0 aliphatic carbocycles. The monoisotopic (exact) mass is 338 g/mol. The van der Waals surface area contributed by atoms with E-state index >= 15 is 0 Å². The van der Waals surface area contributed by atoms with Crippen molar-refractivity contribution in [2.45, 2.75) is 13.8 Å². The molecule has 122 valence electrons. The highest BCUT2D eigenvalue weighted by Gasteiger charge is 2.16. The Morgan fingerprint density at radius 3 is 2.88 bits per heavy atom. The lowest BCUT2D eigenvalue weighted by molar-refractivity contribution is 1.27. The first-order chi connectivity index (χ1) is 11.5. The summed E-state index contributed by atoms with van der Waals surface area (Å²) >= 11 is 1.45. The fourth-order valence-corrected chi connectivity index (χ4v) is 3.47. The van der Waals surface area contributed by atoms with Crippen molar-refractivity contribution in [3.05, 3.63) is 62.9 Å². The van der Waals surface area contributed by atoms with Crippen molar-refractivity contribution in [3.63, 3.8) is 0 Å². The SMILES string of the molecule is C/C=C(\C=C/N)c1nc(-c2c(N)c3cc(C)ccc3[nH]c2=O)cs1. The number of H-pyrrole nitrogens is 1. The van der Waals surface area contributed by atoms with Gasteiger partial charge in [-0.05, 0) is 38.3 Å². The minimum Gasteiger partial charge on any atom is -0.405 e. The first kappa shape index (κ1) is 16.0. The minimum absolute atomic E-state index is 0.239. The maximum absolute atomic E-state index is 12.5. The number of aromatic amines is 1. The van der Waals surface area contributed by atoms with E-state index in [2.05, 4.69) is 9.97 Å². The summed E-state index contributed by atoms with van der Waals surface area (Å²) in [7, 11) is 0. The van der Waals surface area contributed by atoms with Crippen LogP contribution in [0, 0.1) is 6.92 Å². The molecule has 1 aromatic carbocycles. The van der Waals surface area contributed by atoms with Crippen LogP contribution in [0.15, 0.2) is 46.7 Å². The van der Waals surface area contributed by atoms with Gasteiger partial charge in [0, 0.05) is 16.3 Å². The van der Waals surface area contributed by atoms with Gasteiger partial charge in [0.25, 0.3) is 5.56 Å². The van der Waals surface area contributed by atoms with Crippen molar-refractivity contribution in [1.82, 2.24) is 9.97 Å². The zero-order valence-corrected chi connectivity index (χ0v) is 14.3. The molecule has 5 N–H and O–H groups in total. The molecule has 0 unspecified atom stereocenters. The van der Waals surface area contributed by atoms with Crippen LogP contribution in [0.1, 0.15) is 17.5 Å². The average Bonchev–Trinajstić information content (AvgIpc) is 3.03. The maximum atomic E-state index is 12.5. The highest BCUT2D eigenvalue weighted by molar-refractivity contribution is 7.11. The second-order valence-corrected chi connectivity index (χ2v) is 6.29. The van der Waals surface area contributed by atoms with Crippen LogP contribution in [0.3, 0.4) is 0 Å². The Bertz CT molecular complexity index is 1030. The predicted molar refractivity (Wildman–Crippen MR) is 102 cm³/mol. The molecule has 0 atom stereocenters. The number of aryl methyl sites for hydroxylation is 1. The topological polar surface area (TPSA) is 97.8 Å². The molecule has 2 heterocycles. The molecular weight excluding hydrogens is 320 g/mol. The third-order valence-electron chi connectivity index (χ3n) is 3.80. The van der Waals surface area contributed by atoms with Crippen molar-refractivity contribution >= 4 is 33.5 Å². The summed E-state index contributed by atoms with van der Waals surface area (Å²) in [5, 5.41) is 3.45. The number of hydrogen-bond acceptors (Lipinski definition) is 5. The summed E-state index contributed by atoms with van der Waals surface area (Å²) in [5.74, 6) is 0. The number of anilines is 1. The lowest BCUT2D eigenvalue weighted by Crippen LogP contribution is -2.12. The fraction of sp³-hybridized carbons (Fsp3) is 0.111. The summed E-state index contributed by atoms with van der Waals surface area (Å²) < 4.78 is 0. The molecule has 0 aliphatic heterocycles. The molecule has 0 amide bonds. The number of nitrogens with one attached hydrogen (secondary N) is 1. The smallest absolute Gasteiger partial charge is 0.260 e. The quantitative estimate of drug-likeness (QED) is 0.637. The molecule has 0 saturated carbocycles. The third-order valence-corrected chi connectivity index (χ3v) is 4.70. The maximum Gasteiger partial charge on any atom is 0.260 e. The molecule has 24 heavy (non-hydrogen) atoms. The van der Waals surface area contributed by atoms with Gasteiger partial charge < -0.3 is 16.5 Å². The Labute approximate surface area is 143 Å². The second-order valence-electron chi connectivity index (χ2n) is 5.43. The van der Waals surface area contributed by atoms with Crippen LogP contribution in [0.5, 0.6) is 0 Å². The van der Waals surface area contributed by atoms with Crippen LogP contribution in [-0.4, -0.2) is 9.97 Å². The van der Waals surface area contributed by atoms with Crippen LogP contribution in [-0.2, 0) is 0 Å². The minimum atomic E-state index is -0.239. The van der Waals surface area contributed by atoms with E-state index in [4.69, 9.17) is 11.5 Å². The molecule has 5 nitrogen and oxygen atoms in total. The van der Waals surface area contributed by atoms with Gasteiger partial charge in [0.2, 0.25) is 0 Å². The molecule has 0 fully saturated rings. The number of benzene rings is 1. The Kier molecular flexibility index (Phi) is 4.22. The molecule has 6 heteroatoms. The van der Waals surface area contributed by atoms with Crippen molar-refractivity contribution in [3.8, 4) is 11.3 Å². The highest BCUT2D eigenvalue weighted by Crippen LogP contribution is 2.31. The van der Waals surface area contributed by atoms with Crippen LogP contribution in [0.25, 0.3) is 27.7 Å². The number of thiazole rings is 1. The van der Waals surface area contributed by atoms with Crippen LogP contribution in [0.4, 0.5) is 5.69 Å². The van der Waals surface area contributed by atoms with Gasteiger partial charge >= 0.3 is 0 Å². The van der Waals surface area contributed by atoms with Crippen LogP contribution in [0.2, 0.25) is 0 Å². The van der Waals surface area contributed by atoms with Gasteiger partial charge in [-0.1, -0.05) is 17.7 Å². The Morgan fingerprint density at radius 1 is 1.38 bits per heavy atom. The summed E-state index contributed by atoms with van der Waals surface area (Å²) in [4.78, 5) is 19.9. The molecule has 0 bridgehead atoms. The van der Waals surface area contributed by atoms with Gasteiger partial charge in [-0.3, -0.25) is 4.79 Å². The molecule has 0 saturated heterocycles. The number of pyridine rings is 1. The first-order valence-corrected chi connectivity index (χ1v) is 8.36. The van der Waals surface area contributed by atoms with E-state index in [9.17, 15) is 4.79 Å². The molecule has 3 aromatic rings. The van der Waals surface area contributed by atoms with E-state index in [-0.39, 0.29) is 5.56 Å². The number of rotatable bonds is 3. The van der Waals surface area contributed by atoms with E-state index in [1.807, 2.05) is 43.5 Å². The molecule has 0 radical (unpaired) electrons. The second kappa shape index (κ2) is 6.33. The standard InChI is InChI=1S/C18H18N4OS/c1-3-11(6-7-19)18-22-14(9-24-18)15-16(20)12-8-10(2)4-5-13(12)21-17(15)23/h3-9H,19H2,1-2H3,(H3,20,21,23)/b7-6-,11-3+. The number of fused-ring (bicyclic) bond motifs is 1. The van der Waals surface area contributed by atoms with Gasteiger partial charge in [-0.2, -0.15) is 0 Å². The van der Waals surface area contributed by atoms with Gasteiger partial charge in [0.05, 0.1) is 22.5 Å². The number of nitrogens with two attached hydrogens (primary N) is 2. The zero-order chi connectivity index (χ0) is 17.3. The molecular formula is C18H18N4OS. The van der Waals surface area contributed by atoms with Crippen LogP contribution >= 0.6 is 11.3 Å². The number of hydrogen-bond donors (Lipinski definition) is 3. The summed E-state index contributed by atoms with van der Waals surface area (Å²) in [6, 6.07) is 5.77. The van der Waals surface area contributed by atoms with Gasteiger partial charge in [0.15, 0.2) is 0 Å². The Balaban J connectivity index is 2.20. The number of nitrogens with zero attached hydrogens (tertiary/aromatic N) is 1. The molecule has 0 spiro atoms. The van der Waals surface area contributed by atoms with Crippen molar-refractivity contribution in [1.29, 1.82) is 0 Å². The van der Waals surface area contributed by atoms with Gasteiger partial charge in [-0.25, -0.2) is 4.98 Å². The van der Waals surface area contributed by atoms with E-state index in [0.29, 0.717) is 16.9 Å². The molecule has 0 aliphatic rings. The largest absolute Gasteiger partial charge is 0.405 e. The van der Waals surface area contributed by atoms with Gasteiger partial charge in [0.1, 0.15) is 5.01 Å². The normalized spacial score (nSPS) is 12.3. The average molecular weight is 338 g/mol. The van der Waals surface area contributed by atoms with Crippen molar-refractivity contribution in [2.24, 2.45) is 5.73 Å². The van der Waals surface area contributed by atoms with Gasteiger partial charge in [-0.15, -0.1) is 11.3 Å². The Morgan fingerprint density at radius 2 is 2.17 bits per heavy atom. The van der Waals surface area contributed by atoms with E-state index in [0.717, 1.165) is 27.0 Å². The highest BCUT2D eigenvalue weighted by atomic mass is 32.1. The Hall–Kier alpha value is -2.86. The van der Waals surface area contributed by atoms with E-state index in [1.165, 1.54) is 17.5 Å². The molecule has 3 rings (SSSR count). The third kappa shape index (κ3) is 2.72. The summed E-state index contributed by atoms with van der Waals surface area (Å²) in [6.07, 6.45) is 5.17. The van der Waals surface area contributed by atoms with Crippen molar-refractivity contribution in [2.75, 3.05) is 5.73 Å². The van der Waals surface area contributed by atoms with Crippen molar-refractivity contribution < 1.29 is 0 Å². The number of allylic oxidation sites excluding steroid dienone is 3.